The molecule has 1 aliphatic carbocycles. The van der Waals surface area contributed by atoms with Gasteiger partial charge in [0.2, 0.25) is 0 Å². The second-order valence-corrected chi connectivity index (χ2v) is 12.6. The van der Waals surface area contributed by atoms with E-state index in [1.807, 2.05) is 19.1 Å². The number of nitrogens with zero attached hydrogens (tertiary/aromatic N) is 2. The largest absolute Gasteiger partial charge is 0.477 e. The summed E-state index contributed by atoms with van der Waals surface area (Å²) in [6, 6.07) is 19.9. The molecule has 11 heteroatoms. The highest BCUT2D eigenvalue weighted by Crippen LogP contribution is 2.42. The van der Waals surface area contributed by atoms with Crippen LogP contribution >= 0.6 is 15.9 Å². The Balaban J connectivity index is 1.35. The van der Waals surface area contributed by atoms with E-state index < -0.39 is 21.9 Å². The van der Waals surface area contributed by atoms with E-state index in [4.69, 9.17) is 4.42 Å². The van der Waals surface area contributed by atoms with Gasteiger partial charge in [-0.15, -0.1) is 0 Å². The molecule has 1 amide bonds. The highest BCUT2D eigenvalue weighted by Gasteiger charge is 2.34. The first-order valence-electron chi connectivity index (χ1n) is 13.4. The van der Waals surface area contributed by atoms with Crippen LogP contribution in [0.4, 0.5) is 0 Å². The summed E-state index contributed by atoms with van der Waals surface area (Å²) < 4.78 is 36.3. The quantitative estimate of drug-likeness (QED) is 0.190. The molecule has 3 aromatic carbocycles. The Morgan fingerprint density at radius 1 is 1.07 bits per heavy atom. The van der Waals surface area contributed by atoms with E-state index in [1.54, 1.807) is 47.0 Å². The van der Waals surface area contributed by atoms with Gasteiger partial charge >= 0.3 is 5.97 Å². The van der Waals surface area contributed by atoms with E-state index in [0.29, 0.717) is 40.0 Å². The summed E-state index contributed by atoms with van der Waals surface area (Å²) in [5.74, 6) is -0.477. The van der Waals surface area contributed by atoms with Crippen molar-refractivity contribution in [1.82, 2.24) is 14.3 Å². The van der Waals surface area contributed by atoms with Crippen molar-refractivity contribution in [2.24, 2.45) is 0 Å². The molecule has 42 heavy (non-hydrogen) atoms. The predicted octanol–water partition coefficient (Wildman–Crippen LogP) is 6.36. The zero-order valence-corrected chi connectivity index (χ0v) is 24.9. The average Bonchev–Trinajstić information content (AvgIpc) is 3.69. The van der Waals surface area contributed by atoms with Crippen LogP contribution in [0.5, 0.6) is 0 Å². The number of halogens is 1. The van der Waals surface area contributed by atoms with Gasteiger partial charge in [0.1, 0.15) is 17.2 Å². The number of benzene rings is 3. The van der Waals surface area contributed by atoms with Crippen LogP contribution in [0, 0.1) is 0 Å². The third kappa shape index (κ3) is 5.14. The Hall–Kier alpha value is -4.22. The molecule has 0 unspecified atom stereocenters. The first kappa shape index (κ1) is 27.9. The van der Waals surface area contributed by atoms with Crippen LogP contribution < -0.4 is 4.72 Å². The lowest BCUT2D eigenvalue weighted by molar-refractivity contribution is 0.0683. The molecule has 0 aliphatic heterocycles. The molecule has 0 atom stereocenters. The van der Waals surface area contributed by atoms with Crippen molar-refractivity contribution in [2.75, 3.05) is 0 Å². The predicted molar refractivity (Wildman–Crippen MR) is 160 cm³/mol. The van der Waals surface area contributed by atoms with Crippen molar-refractivity contribution in [2.45, 2.75) is 43.5 Å². The van der Waals surface area contributed by atoms with Gasteiger partial charge in [-0.1, -0.05) is 49.4 Å². The number of furan rings is 1. The van der Waals surface area contributed by atoms with Gasteiger partial charge in [0.25, 0.3) is 15.9 Å². The fraction of sp³-hybridized carbons (Fsp3) is 0.194. The third-order valence-corrected chi connectivity index (χ3v) is 9.42. The monoisotopic (exact) mass is 647 g/mol. The van der Waals surface area contributed by atoms with Crippen molar-refractivity contribution in [3.8, 4) is 11.3 Å². The maximum absolute atomic E-state index is 13.2. The maximum atomic E-state index is 13.2. The highest BCUT2D eigenvalue weighted by atomic mass is 79.9. The van der Waals surface area contributed by atoms with Crippen LogP contribution in [-0.2, 0) is 23.0 Å². The van der Waals surface area contributed by atoms with Gasteiger partial charge < -0.3 is 14.1 Å². The van der Waals surface area contributed by atoms with Crippen molar-refractivity contribution >= 4 is 48.8 Å². The maximum Gasteiger partial charge on any atom is 0.354 e. The SMILES string of the molecule is CCc1nc(C2CC2)c(C(=O)O)n1Cc1ccc2oc(-c3ccccc3C(=O)NS(=O)(=O)c3ccccc3)c(Br)c2c1. The zero-order chi connectivity index (χ0) is 29.6. The molecule has 214 valence electrons. The number of sulfonamides is 1. The number of carboxylic acids is 1. The summed E-state index contributed by atoms with van der Waals surface area (Å²) in [6.07, 6.45) is 2.51. The molecule has 1 saturated carbocycles. The number of rotatable bonds is 9. The van der Waals surface area contributed by atoms with Crippen molar-refractivity contribution in [1.29, 1.82) is 0 Å². The standard InChI is InChI=1S/C31H26BrN3O6S/c1-2-25-33-27(19-13-14-19)28(31(37)38)35(25)17-18-12-15-24-23(16-18)26(32)29(41-24)21-10-6-7-11-22(21)30(36)34-42(39,40)20-8-4-3-5-9-20/h3-12,15-16,19H,2,13-14,17H2,1H3,(H,34,36)(H,37,38). The van der Waals surface area contributed by atoms with E-state index in [-0.39, 0.29) is 22.1 Å². The number of fused-ring (bicyclic) bond motifs is 1. The molecular weight excluding hydrogens is 622 g/mol. The van der Waals surface area contributed by atoms with Gasteiger partial charge in [-0.05, 0) is 64.7 Å². The van der Waals surface area contributed by atoms with E-state index in [2.05, 4.69) is 25.6 Å². The lowest BCUT2D eigenvalue weighted by Gasteiger charge is -2.10. The Labute approximate surface area is 250 Å². The summed E-state index contributed by atoms with van der Waals surface area (Å²) in [4.78, 5) is 30.1. The fourth-order valence-electron chi connectivity index (χ4n) is 5.11. The molecule has 1 aliphatic rings. The van der Waals surface area contributed by atoms with Gasteiger partial charge in [0.05, 0.1) is 20.6 Å². The van der Waals surface area contributed by atoms with Crippen LogP contribution in [0.25, 0.3) is 22.3 Å². The number of carboxylic acid groups (broad SMARTS) is 1. The summed E-state index contributed by atoms with van der Waals surface area (Å²) in [6.45, 7) is 2.28. The lowest BCUT2D eigenvalue weighted by atomic mass is 10.0. The molecule has 9 nitrogen and oxygen atoms in total. The van der Waals surface area contributed by atoms with Gasteiger partial charge in [-0.3, -0.25) is 4.79 Å². The number of aromatic carboxylic acids is 1. The second-order valence-electron chi connectivity index (χ2n) is 10.1. The molecule has 2 heterocycles. The average molecular weight is 649 g/mol. The van der Waals surface area contributed by atoms with E-state index in [9.17, 15) is 23.1 Å². The summed E-state index contributed by atoms with van der Waals surface area (Å²) in [5.41, 5.74) is 2.84. The normalized spacial score (nSPS) is 13.4. The van der Waals surface area contributed by atoms with Crippen LogP contribution in [0.3, 0.4) is 0 Å². The number of nitrogens with one attached hydrogen (secondary N) is 1. The second kappa shape index (κ2) is 10.9. The Morgan fingerprint density at radius 2 is 1.79 bits per heavy atom. The van der Waals surface area contributed by atoms with Gasteiger partial charge in [-0.2, -0.15) is 0 Å². The third-order valence-electron chi connectivity index (χ3n) is 7.29. The molecule has 5 aromatic rings. The minimum atomic E-state index is -4.08. The first-order chi connectivity index (χ1) is 20.2. The molecule has 0 bridgehead atoms. The number of hydrogen-bond acceptors (Lipinski definition) is 6. The summed E-state index contributed by atoms with van der Waals surface area (Å²) in [7, 11) is -4.08. The first-order valence-corrected chi connectivity index (χ1v) is 15.7. The van der Waals surface area contributed by atoms with Crippen molar-refractivity contribution < 1.29 is 27.5 Å². The number of hydrogen-bond donors (Lipinski definition) is 2. The van der Waals surface area contributed by atoms with Gasteiger partial charge in [0, 0.05) is 29.8 Å². The summed E-state index contributed by atoms with van der Waals surface area (Å²) in [5, 5.41) is 10.7. The minimum Gasteiger partial charge on any atom is -0.477 e. The number of imidazole rings is 1. The van der Waals surface area contributed by atoms with Crippen LogP contribution in [-0.4, -0.2) is 35.0 Å². The molecular formula is C31H26BrN3O6S. The van der Waals surface area contributed by atoms with Crippen molar-refractivity contribution in [3.05, 3.63) is 106 Å². The zero-order valence-electron chi connectivity index (χ0n) is 22.5. The number of carbonyl (C=O) groups is 2. The molecule has 6 rings (SSSR count). The minimum absolute atomic E-state index is 0.0206. The molecule has 2 N–H and O–H groups in total. The molecule has 0 saturated heterocycles. The highest BCUT2D eigenvalue weighted by molar-refractivity contribution is 9.10. The Morgan fingerprint density at radius 3 is 2.48 bits per heavy atom. The number of amides is 1. The van der Waals surface area contributed by atoms with Gasteiger partial charge in [0.15, 0.2) is 5.69 Å². The number of aryl methyl sites for hydroxylation is 1. The number of carbonyl (C=O) groups excluding carboxylic acids is 1. The van der Waals surface area contributed by atoms with Gasteiger partial charge in [-0.25, -0.2) is 22.9 Å². The molecule has 0 radical (unpaired) electrons. The van der Waals surface area contributed by atoms with Crippen LogP contribution in [0.15, 0.2) is 86.6 Å². The Kier molecular flexibility index (Phi) is 7.24. The van der Waals surface area contributed by atoms with Crippen LogP contribution in [0.2, 0.25) is 0 Å². The molecule has 1 fully saturated rings. The number of aromatic nitrogens is 2. The fourth-order valence-corrected chi connectivity index (χ4v) is 6.70. The van der Waals surface area contributed by atoms with E-state index in [1.165, 1.54) is 18.2 Å². The van der Waals surface area contributed by atoms with Crippen LogP contribution in [0.1, 0.15) is 63.6 Å². The lowest BCUT2D eigenvalue weighted by Crippen LogP contribution is -2.30. The van der Waals surface area contributed by atoms with Crippen molar-refractivity contribution in [3.63, 3.8) is 0 Å². The summed E-state index contributed by atoms with van der Waals surface area (Å²) >= 11 is 3.63. The molecule has 0 spiro atoms. The Bertz CT molecular complexity index is 1960. The molecule has 2 aromatic heterocycles. The topological polar surface area (TPSA) is 131 Å². The van der Waals surface area contributed by atoms with E-state index >= 15 is 0 Å². The smallest absolute Gasteiger partial charge is 0.354 e. The van der Waals surface area contributed by atoms with E-state index in [0.717, 1.165) is 29.6 Å².